The molecule has 0 heterocycles. The average molecular weight is 291 g/mol. The topological polar surface area (TPSA) is 35.6 Å². The molecular weight excluding hydrogens is 262 g/mol. The quantitative estimate of drug-likeness (QED) is 0.779. The van der Waals surface area contributed by atoms with Crippen LogP contribution in [0.25, 0.3) is 0 Å². The Morgan fingerprint density at radius 3 is 1.90 bits per heavy atom. The van der Waals surface area contributed by atoms with Crippen LogP contribution in [-0.2, 0) is 0 Å². The molecule has 0 aliphatic heterocycles. The molecule has 0 aliphatic rings. The summed E-state index contributed by atoms with van der Waals surface area (Å²) >= 11 is 0. The Hall–Kier alpha value is -1.71. The van der Waals surface area contributed by atoms with E-state index in [1.54, 1.807) is 0 Å². The van der Waals surface area contributed by atoms with Crippen LogP contribution in [0.2, 0.25) is 0 Å². The highest BCUT2D eigenvalue weighted by Gasteiger charge is 2.11. The third kappa shape index (κ3) is 5.29. The van der Waals surface area contributed by atoms with Crippen molar-refractivity contribution < 1.29 is 4.79 Å². The molecule has 0 bridgehead atoms. The number of nitrogens with zero attached hydrogens (tertiary/aromatic N) is 2. The summed E-state index contributed by atoms with van der Waals surface area (Å²) in [5, 5.41) is 2.98. The Bertz CT molecular complexity index is 407. The molecule has 0 saturated carbocycles. The molecule has 21 heavy (non-hydrogen) atoms. The second-order valence-electron chi connectivity index (χ2n) is 5.14. The fraction of sp³-hybridized carbons (Fsp3) is 0.588. The van der Waals surface area contributed by atoms with Gasteiger partial charge in [0.05, 0.1) is 0 Å². The Morgan fingerprint density at radius 1 is 0.952 bits per heavy atom. The molecule has 118 valence electrons. The summed E-state index contributed by atoms with van der Waals surface area (Å²) in [6.07, 6.45) is 1.96. The number of amides is 2. The van der Waals surface area contributed by atoms with Crippen molar-refractivity contribution in [2.24, 2.45) is 0 Å². The van der Waals surface area contributed by atoms with Crippen LogP contribution in [0.3, 0.4) is 0 Å². The Morgan fingerprint density at radius 2 is 1.48 bits per heavy atom. The van der Waals surface area contributed by atoms with E-state index in [1.165, 1.54) is 5.69 Å². The minimum absolute atomic E-state index is 0.00529. The van der Waals surface area contributed by atoms with Gasteiger partial charge in [-0.2, -0.15) is 0 Å². The van der Waals surface area contributed by atoms with Gasteiger partial charge < -0.3 is 15.1 Å². The van der Waals surface area contributed by atoms with E-state index in [4.69, 9.17) is 0 Å². The summed E-state index contributed by atoms with van der Waals surface area (Å²) in [6.45, 7) is 12.1. The maximum absolute atomic E-state index is 12.2. The van der Waals surface area contributed by atoms with E-state index in [2.05, 4.69) is 50.0 Å². The number of nitrogens with one attached hydrogen (secondary N) is 1. The molecule has 4 nitrogen and oxygen atoms in total. The molecule has 1 aromatic rings. The lowest BCUT2D eigenvalue weighted by atomic mass is 10.2. The summed E-state index contributed by atoms with van der Waals surface area (Å²) in [4.78, 5) is 16.4. The van der Waals surface area contributed by atoms with E-state index >= 15 is 0 Å². The van der Waals surface area contributed by atoms with Crippen LogP contribution >= 0.6 is 0 Å². The van der Waals surface area contributed by atoms with Crippen LogP contribution < -0.4 is 10.2 Å². The fourth-order valence-electron chi connectivity index (χ4n) is 2.40. The molecular formula is C17H29N3O. The van der Waals surface area contributed by atoms with Gasteiger partial charge in [-0.25, -0.2) is 4.79 Å². The molecule has 0 saturated heterocycles. The lowest BCUT2D eigenvalue weighted by Crippen LogP contribution is -2.36. The second-order valence-corrected chi connectivity index (χ2v) is 5.14. The van der Waals surface area contributed by atoms with Gasteiger partial charge >= 0.3 is 6.03 Å². The van der Waals surface area contributed by atoms with Crippen LogP contribution in [0.4, 0.5) is 16.2 Å². The average Bonchev–Trinajstić information content (AvgIpc) is 2.50. The third-order valence-electron chi connectivity index (χ3n) is 3.52. The first-order valence-electron chi connectivity index (χ1n) is 8.07. The van der Waals surface area contributed by atoms with Crippen LogP contribution in [-0.4, -0.2) is 37.1 Å². The highest BCUT2D eigenvalue weighted by Crippen LogP contribution is 2.18. The summed E-state index contributed by atoms with van der Waals surface area (Å²) < 4.78 is 0. The highest BCUT2D eigenvalue weighted by atomic mass is 16.2. The smallest absolute Gasteiger partial charge is 0.321 e. The van der Waals surface area contributed by atoms with Gasteiger partial charge in [-0.1, -0.05) is 13.8 Å². The van der Waals surface area contributed by atoms with Gasteiger partial charge in [-0.15, -0.1) is 0 Å². The van der Waals surface area contributed by atoms with Gasteiger partial charge in [0.15, 0.2) is 0 Å². The van der Waals surface area contributed by atoms with Crippen LogP contribution in [0.5, 0.6) is 0 Å². The minimum Gasteiger partial charge on any atom is -0.372 e. The third-order valence-corrected chi connectivity index (χ3v) is 3.52. The maximum Gasteiger partial charge on any atom is 0.321 e. The molecule has 0 unspecified atom stereocenters. The summed E-state index contributed by atoms with van der Waals surface area (Å²) in [5.74, 6) is 0. The number of carbonyl (C=O) groups is 1. The van der Waals surface area contributed by atoms with E-state index < -0.39 is 0 Å². The molecule has 0 atom stereocenters. The molecule has 0 radical (unpaired) electrons. The number of hydrogen-bond acceptors (Lipinski definition) is 2. The monoisotopic (exact) mass is 291 g/mol. The van der Waals surface area contributed by atoms with Gasteiger partial charge in [0.1, 0.15) is 0 Å². The van der Waals surface area contributed by atoms with Crippen molar-refractivity contribution in [2.75, 3.05) is 36.4 Å². The zero-order valence-electron chi connectivity index (χ0n) is 13.9. The Labute approximate surface area is 129 Å². The summed E-state index contributed by atoms with van der Waals surface area (Å²) in [5.41, 5.74) is 2.05. The molecule has 1 rings (SSSR count). The SMILES string of the molecule is CCCN(CCC)C(=O)Nc1ccc(N(CC)CC)cc1. The first-order valence-corrected chi connectivity index (χ1v) is 8.07. The van der Waals surface area contributed by atoms with Gasteiger partial charge in [-0.3, -0.25) is 0 Å². The fourth-order valence-corrected chi connectivity index (χ4v) is 2.40. The molecule has 2 amide bonds. The predicted molar refractivity (Wildman–Crippen MR) is 91.2 cm³/mol. The molecule has 0 aliphatic carbocycles. The zero-order valence-corrected chi connectivity index (χ0v) is 13.9. The molecule has 1 aromatic carbocycles. The number of anilines is 2. The lowest BCUT2D eigenvalue weighted by molar-refractivity contribution is 0.211. The van der Waals surface area contributed by atoms with Crippen molar-refractivity contribution in [3.63, 3.8) is 0 Å². The predicted octanol–water partition coefficient (Wildman–Crippen LogP) is 4.19. The van der Waals surface area contributed by atoms with E-state index in [0.717, 1.165) is 44.7 Å². The van der Waals surface area contributed by atoms with E-state index in [0.29, 0.717) is 0 Å². The van der Waals surface area contributed by atoms with Crippen molar-refractivity contribution in [1.29, 1.82) is 0 Å². The summed E-state index contributed by atoms with van der Waals surface area (Å²) in [6, 6.07) is 8.07. The van der Waals surface area contributed by atoms with Crippen molar-refractivity contribution in [1.82, 2.24) is 4.90 Å². The Kier molecular flexibility index (Phi) is 7.65. The van der Waals surface area contributed by atoms with Crippen molar-refractivity contribution in [3.8, 4) is 0 Å². The molecule has 0 aromatic heterocycles. The van der Waals surface area contributed by atoms with Gasteiger partial charge in [0.25, 0.3) is 0 Å². The molecule has 4 heteroatoms. The molecule has 0 spiro atoms. The first-order chi connectivity index (χ1) is 10.2. The van der Waals surface area contributed by atoms with Crippen LogP contribution in [0.15, 0.2) is 24.3 Å². The standard InChI is InChI=1S/C17H29N3O/c1-5-13-20(14-6-2)17(21)18-15-9-11-16(12-10-15)19(7-3)8-4/h9-12H,5-8,13-14H2,1-4H3,(H,18,21). The van der Waals surface area contributed by atoms with Crippen molar-refractivity contribution in [2.45, 2.75) is 40.5 Å². The largest absolute Gasteiger partial charge is 0.372 e. The van der Waals surface area contributed by atoms with Crippen LogP contribution in [0.1, 0.15) is 40.5 Å². The molecule has 0 fully saturated rings. The normalized spacial score (nSPS) is 10.3. The maximum atomic E-state index is 12.2. The number of carbonyl (C=O) groups excluding carboxylic acids is 1. The van der Waals surface area contributed by atoms with Gasteiger partial charge in [0, 0.05) is 37.6 Å². The van der Waals surface area contributed by atoms with Gasteiger partial charge in [0.2, 0.25) is 0 Å². The number of rotatable bonds is 8. The number of urea groups is 1. The van der Waals surface area contributed by atoms with Crippen LogP contribution in [0, 0.1) is 0 Å². The highest BCUT2D eigenvalue weighted by molar-refractivity contribution is 5.89. The molecule has 1 N–H and O–H groups in total. The first kappa shape index (κ1) is 17.3. The summed E-state index contributed by atoms with van der Waals surface area (Å²) in [7, 11) is 0. The van der Waals surface area contributed by atoms with Crippen molar-refractivity contribution >= 4 is 17.4 Å². The minimum atomic E-state index is -0.00529. The number of hydrogen-bond donors (Lipinski definition) is 1. The lowest BCUT2D eigenvalue weighted by Gasteiger charge is -2.23. The van der Waals surface area contributed by atoms with E-state index in [1.807, 2.05) is 17.0 Å². The zero-order chi connectivity index (χ0) is 15.7. The Balaban J connectivity index is 2.67. The van der Waals surface area contributed by atoms with Gasteiger partial charge in [-0.05, 0) is 51.0 Å². The van der Waals surface area contributed by atoms with E-state index in [9.17, 15) is 4.79 Å². The second kappa shape index (κ2) is 9.27. The van der Waals surface area contributed by atoms with E-state index in [-0.39, 0.29) is 6.03 Å². The number of benzene rings is 1. The van der Waals surface area contributed by atoms with Crippen molar-refractivity contribution in [3.05, 3.63) is 24.3 Å².